The van der Waals surface area contributed by atoms with Crippen molar-refractivity contribution in [2.45, 2.75) is 24.8 Å². The highest BCUT2D eigenvalue weighted by Crippen LogP contribution is 2.36. The quantitative estimate of drug-likeness (QED) is 0.874. The van der Waals surface area contributed by atoms with Crippen molar-refractivity contribution in [2.75, 3.05) is 17.2 Å². The van der Waals surface area contributed by atoms with Gasteiger partial charge in [-0.25, -0.2) is 0 Å². The SMILES string of the molecule is CC(C)NC(=O)c1ccc2c(c1)N(C(=O)c1ccc(Cl)cc1)CCS2. The Hall–Kier alpha value is -1.98. The molecule has 0 atom stereocenters. The van der Waals surface area contributed by atoms with Gasteiger partial charge in [0.25, 0.3) is 11.8 Å². The molecule has 0 bridgehead atoms. The fourth-order valence-corrected chi connectivity index (χ4v) is 3.76. The van der Waals surface area contributed by atoms with Crippen LogP contribution in [0.3, 0.4) is 0 Å². The lowest BCUT2D eigenvalue weighted by atomic mass is 10.1. The maximum absolute atomic E-state index is 12.9. The lowest BCUT2D eigenvalue weighted by molar-refractivity contribution is 0.0940. The summed E-state index contributed by atoms with van der Waals surface area (Å²) in [6.07, 6.45) is 0. The van der Waals surface area contributed by atoms with Crippen LogP contribution in [0.2, 0.25) is 5.02 Å². The number of nitrogens with one attached hydrogen (secondary N) is 1. The molecule has 0 fully saturated rings. The highest BCUT2D eigenvalue weighted by molar-refractivity contribution is 7.99. The molecule has 0 saturated heterocycles. The molecule has 2 aromatic rings. The molecule has 130 valence electrons. The summed E-state index contributed by atoms with van der Waals surface area (Å²) >= 11 is 7.60. The number of benzene rings is 2. The number of hydrogen-bond donors (Lipinski definition) is 1. The Morgan fingerprint density at radius 2 is 1.80 bits per heavy atom. The van der Waals surface area contributed by atoms with Gasteiger partial charge in [0.15, 0.2) is 0 Å². The minimum atomic E-state index is -0.132. The van der Waals surface area contributed by atoms with E-state index in [1.54, 1.807) is 53.1 Å². The first-order valence-electron chi connectivity index (χ1n) is 8.11. The maximum Gasteiger partial charge on any atom is 0.258 e. The third-order valence-corrected chi connectivity index (χ3v) is 5.14. The molecule has 0 aliphatic carbocycles. The van der Waals surface area contributed by atoms with Crippen molar-refractivity contribution in [1.82, 2.24) is 5.32 Å². The van der Waals surface area contributed by atoms with E-state index >= 15 is 0 Å². The molecule has 0 radical (unpaired) electrons. The lowest BCUT2D eigenvalue weighted by Crippen LogP contribution is -2.36. The molecule has 2 amide bonds. The molecule has 1 N–H and O–H groups in total. The number of hydrogen-bond acceptors (Lipinski definition) is 3. The molecule has 6 heteroatoms. The standard InChI is InChI=1S/C19H19ClN2O2S/c1-12(2)21-18(23)14-5-8-17-16(11-14)22(9-10-25-17)19(24)13-3-6-15(20)7-4-13/h3-8,11-12H,9-10H2,1-2H3,(H,21,23). The Bertz CT molecular complexity index is 806. The van der Waals surface area contributed by atoms with E-state index < -0.39 is 0 Å². The molecule has 1 aliphatic heterocycles. The van der Waals surface area contributed by atoms with Crippen LogP contribution in [-0.2, 0) is 0 Å². The van der Waals surface area contributed by atoms with Gasteiger partial charge in [0, 0.05) is 39.4 Å². The van der Waals surface area contributed by atoms with Gasteiger partial charge in [-0.05, 0) is 56.3 Å². The van der Waals surface area contributed by atoms with E-state index in [4.69, 9.17) is 11.6 Å². The van der Waals surface area contributed by atoms with Gasteiger partial charge < -0.3 is 10.2 Å². The zero-order valence-corrected chi connectivity index (χ0v) is 15.7. The second kappa shape index (κ2) is 7.50. The van der Waals surface area contributed by atoms with Crippen LogP contribution in [0.25, 0.3) is 0 Å². The van der Waals surface area contributed by atoms with Gasteiger partial charge in [-0.3, -0.25) is 9.59 Å². The molecule has 0 aromatic heterocycles. The summed E-state index contributed by atoms with van der Waals surface area (Å²) in [5, 5.41) is 3.48. The Balaban J connectivity index is 1.93. The molecule has 0 unspecified atom stereocenters. The highest BCUT2D eigenvalue weighted by atomic mass is 35.5. The van der Waals surface area contributed by atoms with E-state index in [1.807, 2.05) is 19.9 Å². The van der Waals surface area contributed by atoms with Crippen molar-refractivity contribution in [2.24, 2.45) is 0 Å². The Kier molecular flexibility index (Phi) is 5.35. The minimum absolute atomic E-state index is 0.0599. The summed E-state index contributed by atoms with van der Waals surface area (Å²) < 4.78 is 0. The van der Waals surface area contributed by atoms with E-state index in [1.165, 1.54) is 0 Å². The molecule has 25 heavy (non-hydrogen) atoms. The van der Waals surface area contributed by atoms with Crippen LogP contribution in [0, 0.1) is 0 Å². The van der Waals surface area contributed by atoms with E-state index in [-0.39, 0.29) is 17.9 Å². The zero-order valence-electron chi connectivity index (χ0n) is 14.1. The van der Waals surface area contributed by atoms with Crippen molar-refractivity contribution < 1.29 is 9.59 Å². The van der Waals surface area contributed by atoms with E-state index in [0.29, 0.717) is 22.7 Å². The van der Waals surface area contributed by atoms with E-state index in [2.05, 4.69) is 5.32 Å². The first-order valence-corrected chi connectivity index (χ1v) is 9.47. The number of halogens is 1. The summed E-state index contributed by atoms with van der Waals surface area (Å²) in [6, 6.07) is 12.4. The van der Waals surface area contributed by atoms with Crippen LogP contribution < -0.4 is 10.2 Å². The average Bonchev–Trinajstić information content (AvgIpc) is 2.60. The second-order valence-electron chi connectivity index (χ2n) is 6.12. The fraction of sp³-hybridized carbons (Fsp3) is 0.263. The summed E-state index contributed by atoms with van der Waals surface area (Å²) in [5.74, 6) is 0.607. The fourth-order valence-electron chi connectivity index (χ4n) is 2.66. The summed E-state index contributed by atoms with van der Waals surface area (Å²) in [5.41, 5.74) is 1.93. The maximum atomic E-state index is 12.9. The number of rotatable bonds is 3. The first kappa shape index (κ1) is 17.8. The molecule has 1 heterocycles. The number of nitrogens with zero attached hydrogens (tertiary/aromatic N) is 1. The smallest absolute Gasteiger partial charge is 0.258 e. The zero-order chi connectivity index (χ0) is 18.0. The third kappa shape index (κ3) is 3.99. The number of fused-ring (bicyclic) bond motifs is 1. The minimum Gasteiger partial charge on any atom is -0.350 e. The van der Waals surface area contributed by atoms with Crippen LogP contribution in [-0.4, -0.2) is 30.2 Å². The van der Waals surface area contributed by atoms with Crippen LogP contribution in [0.1, 0.15) is 34.6 Å². The number of amides is 2. The Labute approximate surface area is 156 Å². The van der Waals surface area contributed by atoms with Crippen LogP contribution in [0.15, 0.2) is 47.4 Å². The van der Waals surface area contributed by atoms with Crippen molar-refractivity contribution in [3.05, 3.63) is 58.6 Å². The number of anilines is 1. The van der Waals surface area contributed by atoms with Crippen LogP contribution in [0.5, 0.6) is 0 Å². The number of carbonyl (C=O) groups excluding carboxylic acids is 2. The average molecular weight is 375 g/mol. The van der Waals surface area contributed by atoms with Gasteiger partial charge in [0.2, 0.25) is 0 Å². The highest BCUT2D eigenvalue weighted by Gasteiger charge is 2.25. The molecule has 4 nitrogen and oxygen atoms in total. The van der Waals surface area contributed by atoms with Crippen molar-refractivity contribution >= 4 is 40.9 Å². The third-order valence-electron chi connectivity index (χ3n) is 3.84. The lowest BCUT2D eigenvalue weighted by Gasteiger charge is -2.29. The van der Waals surface area contributed by atoms with Gasteiger partial charge in [-0.1, -0.05) is 11.6 Å². The molecule has 1 aliphatic rings. The van der Waals surface area contributed by atoms with Crippen molar-refractivity contribution in [3.63, 3.8) is 0 Å². The van der Waals surface area contributed by atoms with E-state index in [9.17, 15) is 9.59 Å². The Morgan fingerprint density at radius 1 is 1.12 bits per heavy atom. The monoisotopic (exact) mass is 374 g/mol. The Morgan fingerprint density at radius 3 is 2.48 bits per heavy atom. The van der Waals surface area contributed by atoms with Crippen molar-refractivity contribution in [3.8, 4) is 0 Å². The summed E-state index contributed by atoms with van der Waals surface area (Å²) in [7, 11) is 0. The van der Waals surface area contributed by atoms with Gasteiger partial charge in [0.1, 0.15) is 0 Å². The van der Waals surface area contributed by atoms with Gasteiger partial charge >= 0.3 is 0 Å². The van der Waals surface area contributed by atoms with Crippen molar-refractivity contribution in [1.29, 1.82) is 0 Å². The molecular weight excluding hydrogens is 356 g/mol. The summed E-state index contributed by atoms with van der Waals surface area (Å²) in [6.45, 7) is 4.44. The second-order valence-corrected chi connectivity index (χ2v) is 7.70. The largest absolute Gasteiger partial charge is 0.350 e. The van der Waals surface area contributed by atoms with Gasteiger partial charge in [0.05, 0.1) is 5.69 Å². The molecule has 0 spiro atoms. The molecular formula is C19H19ClN2O2S. The van der Waals surface area contributed by atoms with Crippen LogP contribution in [0.4, 0.5) is 5.69 Å². The molecule has 0 saturated carbocycles. The predicted molar refractivity (Wildman–Crippen MR) is 103 cm³/mol. The van der Waals surface area contributed by atoms with E-state index in [0.717, 1.165) is 16.3 Å². The van der Waals surface area contributed by atoms with Gasteiger partial charge in [-0.2, -0.15) is 0 Å². The molecule has 3 rings (SSSR count). The number of carbonyl (C=O) groups is 2. The summed E-state index contributed by atoms with van der Waals surface area (Å²) in [4.78, 5) is 27.9. The normalized spacial score (nSPS) is 13.5. The van der Waals surface area contributed by atoms with Crippen LogP contribution >= 0.6 is 23.4 Å². The molecule has 2 aromatic carbocycles. The topological polar surface area (TPSA) is 49.4 Å². The number of thioether (sulfide) groups is 1. The predicted octanol–water partition coefficient (Wildman–Crippen LogP) is 4.23. The first-order chi connectivity index (χ1) is 12.0. The van der Waals surface area contributed by atoms with Gasteiger partial charge in [-0.15, -0.1) is 11.8 Å².